The molecule has 17 heavy (non-hydrogen) atoms. The number of aliphatic hydroxyl groups is 1. The van der Waals surface area contributed by atoms with Gasteiger partial charge in [0.15, 0.2) is 0 Å². The van der Waals surface area contributed by atoms with Gasteiger partial charge in [-0.1, -0.05) is 48.5 Å². The van der Waals surface area contributed by atoms with Crippen molar-refractivity contribution < 1.29 is 5.11 Å². The molecule has 1 atom stereocenters. The third-order valence-electron chi connectivity index (χ3n) is 2.83. The lowest BCUT2D eigenvalue weighted by Gasteiger charge is -2.07. The summed E-state index contributed by atoms with van der Waals surface area (Å²) in [4.78, 5) is 0.998. The Morgan fingerprint density at radius 3 is 2.35 bits per heavy atom. The Morgan fingerprint density at radius 2 is 1.59 bits per heavy atom. The first-order valence-electron chi connectivity index (χ1n) is 5.56. The molecule has 0 radical (unpaired) electrons. The first-order valence-corrected chi connectivity index (χ1v) is 6.38. The molecule has 1 heterocycles. The van der Waals surface area contributed by atoms with Crippen LogP contribution in [-0.2, 0) is 0 Å². The van der Waals surface area contributed by atoms with Gasteiger partial charge in [-0.25, -0.2) is 0 Å². The lowest BCUT2D eigenvalue weighted by molar-refractivity contribution is 0.224. The topological polar surface area (TPSA) is 20.2 Å². The summed E-state index contributed by atoms with van der Waals surface area (Å²) in [5.74, 6) is 0. The molecule has 1 N–H and O–H groups in total. The van der Waals surface area contributed by atoms with E-state index in [1.54, 1.807) is 11.3 Å². The van der Waals surface area contributed by atoms with Crippen LogP contribution in [-0.4, -0.2) is 5.11 Å². The normalized spacial score (nSPS) is 12.8. The Kier molecular flexibility index (Phi) is 2.67. The third kappa shape index (κ3) is 1.97. The van der Waals surface area contributed by atoms with Crippen LogP contribution in [0.5, 0.6) is 0 Å². The Balaban J connectivity index is 2.04. The van der Waals surface area contributed by atoms with Crippen LogP contribution in [0.15, 0.2) is 60.7 Å². The predicted molar refractivity (Wildman–Crippen MR) is 72.3 cm³/mol. The standard InChI is InChI=1S/C15H12OS/c16-15(11-6-2-1-3-7-11)14-10-12-8-4-5-9-13(12)17-14/h1-10,15-16H. The van der Waals surface area contributed by atoms with Crippen molar-refractivity contribution in [1.29, 1.82) is 0 Å². The lowest BCUT2D eigenvalue weighted by atomic mass is 10.1. The van der Waals surface area contributed by atoms with E-state index in [0.29, 0.717) is 0 Å². The van der Waals surface area contributed by atoms with Crippen molar-refractivity contribution in [3.8, 4) is 0 Å². The number of hydrogen-bond acceptors (Lipinski definition) is 2. The monoisotopic (exact) mass is 240 g/mol. The Morgan fingerprint density at radius 1 is 0.882 bits per heavy atom. The molecule has 0 amide bonds. The van der Waals surface area contributed by atoms with Crippen LogP contribution >= 0.6 is 11.3 Å². The zero-order valence-electron chi connectivity index (χ0n) is 9.21. The van der Waals surface area contributed by atoms with Crippen LogP contribution in [0.2, 0.25) is 0 Å². The molecule has 3 aromatic rings. The van der Waals surface area contributed by atoms with Crippen molar-refractivity contribution in [2.45, 2.75) is 6.10 Å². The summed E-state index contributed by atoms with van der Waals surface area (Å²) in [5, 5.41) is 11.5. The van der Waals surface area contributed by atoms with Crippen molar-refractivity contribution in [1.82, 2.24) is 0 Å². The average molecular weight is 240 g/mol. The van der Waals surface area contributed by atoms with Crippen LogP contribution in [0.3, 0.4) is 0 Å². The fourth-order valence-corrected chi connectivity index (χ4v) is 3.02. The molecule has 0 aliphatic carbocycles. The van der Waals surface area contributed by atoms with E-state index in [2.05, 4.69) is 18.2 Å². The van der Waals surface area contributed by atoms with E-state index in [-0.39, 0.29) is 0 Å². The quantitative estimate of drug-likeness (QED) is 0.718. The minimum Gasteiger partial charge on any atom is -0.383 e. The van der Waals surface area contributed by atoms with Crippen molar-refractivity contribution in [3.05, 3.63) is 71.1 Å². The summed E-state index contributed by atoms with van der Waals surface area (Å²) in [6.45, 7) is 0. The summed E-state index contributed by atoms with van der Waals surface area (Å²) in [7, 11) is 0. The van der Waals surface area contributed by atoms with Gasteiger partial charge in [-0.2, -0.15) is 0 Å². The molecule has 0 aliphatic heterocycles. The number of rotatable bonds is 2. The van der Waals surface area contributed by atoms with Crippen LogP contribution in [0.25, 0.3) is 10.1 Å². The smallest absolute Gasteiger partial charge is 0.113 e. The highest BCUT2D eigenvalue weighted by atomic mass is 32.1. The van der Waals surface area contributed by atoms with Gasteiger partial charge < -0.3 is 5.11 Å². The van der Waals surface area contributed by atoms with Gasteiger partial charge >= 0.3 is 0 Å². The van der Waals surface area contributed by atoms with E-state index < -0.39 is 6.10 Å². The molecule has 84 valence electrons. The van der Waals surface area contributed by atoms with E-state index in [0.717, 1.165) is 10.4 Å². The Hall–Kier alpha value is -1.64. The second-order valence-electron chi connectivity index (χ2n) is 4.00. The number of aliphatic hydroxyl groups excluding tert-OH is 1. The van der Waals surface area contributed by atoms with Crippen molar-refractivity contribution in [3.63, 3.8) is 0 Å². The summed E-state index contributed by atoms with van der Waals surface area (Å²) in [6, 6.07) is 20.0. The highest BCUT2D eigenvalue weighted by molar-refractivity contribution is 7.19. The highest BCUT2D eigenvalue weighted by Gasteiger charge is 2.12. The van der Waals surface area contributed by atoms with Crippen molar-refractivity contribution >= 4 is 21.4 Å². The van der Waals surface area contributed by atoms with Crippen LogP contribution in [0.1, 0.15) is 16.5 Å². The predicted octanol–water partition coefficient (Wildman–Crippen LogP) is 3.98. The van der Waals surface area contributed by atoms with E-state index in [1.807, 2.05) is 42.5 Å². The highest BCUT2D eigenvalue weighted by Crippen LogP contribution is 2.32. The SMILES string of the molecule is OC(c1ccccc1)c1cc2ccccc2s1. The maximum absolute atomic E-state index is 10.3. The maximum Gasteiger partial charge on any atom is 0.113 e. The molecular formula is C15H12OS. The summed E-state index contributed by atoms with van der Waals surface area (Å²) < 4.78 is 1.22. The summed E-state index contributed by atoms with van der Waals surface area (Å²) in [6.07, 6.45) is -0.520. The zero-order chi connectivity index (χ0) is 11.7. The van der Waals surface area contributed by atoms with Gasteiger partial charge in [0.2, 0.25) is 0 Å². The molecule has 0 saturated carbocycles. The summed E-state index contributed by atoms with van der Waals surface area (Å²) in [5.41, 5.74) is 0.944. The molecule has 0 fully saturated rings. The molecule has 3 rings (SSSR count). The van der Waals surface area contributed by atoms with E-state index in [4.69, 9.17) is 0 Å². The first-order chi connectivity index (χ1) is 8.34. The fourth-order valence-electron chi connectivity index (χ4n) is 1.94. The average Bonchev–Trinajstić information content (AvgIpc) is 2.82. The molecule has 2 heteroatoms. The second-order valence-corrected chi connectivity index (χ2v) is 5.12. The number of hydrogen-bond donors (Lipinski definition) is 1. The minimum atomic E-state index is -0.520. The molecular weight excluding hydrogens is 228 g/mol. The Labute approximate surface area is 104 Å². The largest absolute Gasteiger partial charge is 0.383 e. The molecule has 0 saturated heterocycles. The van der Waals surface area contributed by atoms with Gasteiger partial charge in [0.05, 0.1) is 0 Å². The van der Waals surface area contributed by atoms with Gasteiger partial charge in [-0.05, 0) is 23.1 Å². The molecule has 1 unspecified atom stereocenters. The number of benzene rings is 2. The van der Waals surface area contributed by atoms with E-state index in [1.165, 1.54) is 10.1 Å². The van der Waals surface area contributed by atoms with Gasteiger partial charge in [0, 0.05) is 9.58 Å². The van der Waals surface area contributed by atoms with Crippen LogP contribution in [0, 0.1) is 0 Å². The maximum atomic E-state index is 10.3. The molecule has 0 spiro atoms. The molecule has 0 aliphatic rings. The molecule has 1 nitrogen and oxygen atoms in total. The fraction of sp³-hybridized carbons (Fsp3) is 0.0667. The summed E-state index contributed by atoms with van der Waals surface area (Å²) >= 11 is 1.65. The first kappa shape index (κ1) is 10.5. The van der Waals surface area contributed by atoms with Crippen LogP contribution in [0.4, 0.5) is 0 Å². The van der Waals surface area contributed by atoms with Crippen LogP contribution < -0.4 is 0 Å². The van der Waals surface area contributed by atoms with E-state index in [9.17, 15) is 5.11 Å². The molecule has 1 aromatic heterocycles. The Bertz CT molecular complexity index is 594. The number of fused-ring (bicyclic) bond motifs is 1. The number of thiophene rings is 1. The second kappa shape index (κ2) is 4.32. The molecule has 2 aromatic carbocycles. The van der Waals surface area contributed by atoms with Gasteiger partial charge in [-0.15, -0.1) is 11.3 Å². The van der Waals surface area contributed by atoms with Crippen molar-refractivity contribution in [2.24, 2.45) is 0 Å². The zero-order valence-corrected chi connectivity index (χ0v) is 10.0. The third-order valence-corrected chi connectivity index (χ3v) is 4.00. The van der Waals surface area contributed by atoms with Gasteiger partial charge in [0.1, 0.15) is 6.10 Å². The van der Waals surface area contributed by atoms with E-state index >= 15 is 0 Å². The molecule has 0 bridgehead atoms. The minimum absolute atomic E-state index is 0.520. The lowest BCUT2D eigenvalue weighted by Crippen LogP contribution is -1.95. The van der Waals surface area contributed by atoms with Crippen molar-refractivity contribution in [2.75, 3.05) is 0 Å². The van der Waals surface area contributed by atoms with Gasteiger partial charge in [0.25, 0.3) is 0 Å². The van der Waals surface area contributed by atoms with Gasteiger partial charge in [-0.3, -0.25) is 0 Å².